The Morgan fingerprint density at radius 3 is 2.58 bits per heavy atom. The summed E-state index contributed by atoms with van der Waals surface area (Å²) >= 11 is 6.27. The molecule has 1 aliphatic heterocycles. The smallest absolute Gasteiger partial charge is 0.318 e. The molecule has 3 amide bonds. The minimum absolute atomic E-state index is 0.0396. The van der Waals surface area contributed by atoms with Crippen molar-refractivity contribution in [2.75, 3.05) is 19.6 Å². The van der Waals surface area contributed by atoms with Crippen molar-refractivity contribution in [2.24, 2.45) is 5.92 Å². The van der Waals surface area contributed by atoms with Crippen molar-refractivity contribution in [3.8, 4) is 0 Å². The second-order valence-electron chi connectivity index (χ2n) is 9.63. The van der Waals surface area contributed by atoms with Gasteiger partial charge < -0.3 is 19.7 Å². The van der Waals surface area contributed by atoms with E-state index in [1.165, 1.54) is 0 Å². The second-order valence-corrected chi connectivity index (χ2v) is 10.1. The molecular formula is C24H33ClN4O2. The molecule has 0 saturated heterocycles. The van der Waals surface area contributed by atoms with Gasteiger partial charge in [-0.25, -0.2) is 4.79 Å². The maximum absolute atomic E-state index is 13.5. The monoisotopic (exact) mass is 444 g/mol. The van der Waals surface area contributed by atoms with Gasteiger partial charge in [0.2, 0.25) is 5.91 Å². The number of nitrogens with one attached hydrogen (secondary N) is 1. The van der Waals surface area contributed by atoms with Crippen LogP contribution in [0.4, 0.5) is 4.79 Å². The first-order valence-corrected chi connectivity index (χ1v) is 11.2. The zero-order valence-corrected chi connectivity index (χ0v) is 19.8. The van der Waals surface area contributed by atoms with Crippen LogP contribution in [0, 0.1) is 5.92 Å². The van der Waals surface area contributed by atoms with E-state index in [4.69, 9.17) is 11.6 Å². The van der Waals surface area contributed by atoms with Crippen LogP contribution in [0.2, 0.25) is 5.02 Å². The largest absolute Gasteiger partial charge is 0.348 e. The van der Waals surface area contributed by atoms with E-state index in [-0.39, 0.29) is 36.0 Å². The van der Waals surface area contributed by atoms with E-state index < -0.39 is 0 Å². The molecule has 2 aromatic rings. The lowest BCUT2D eigenvalue weighted by Crippen LogP contribution is -2.53. The standard InChI is InChI=1S/C24H33ClN4O2/c1-17(2)15-28(23(31)26-24(3,4)5)16-21(30)29-13-12-27-11-7-10-20(27)22(29)18-8-6-9-19(25)14-18/h6-11,14,17,22H,12-13,15-16H2,1-5H3,(H,26,31). The number of aromatic nitrogens is 1. The van der Waals surface area contributed by atoms with Crippen LogP contribution in [0.5, 0.6) is 0 Å². The predicted molar refractivity (Wildman–Crippen MR) is 124 cm³/mol. The van der Waals surface area contributed by atoms with Crippen molar-refractivity contribution >= 4 is 23.5 Å². The maximum Gasteiger partial charge on any atom is 0.318 e. The van der Waals surface area contributed by atoms with E-state index in [1.807, 2.05) is 82.1 Å². The number of urea groups is 1. The molecule has 1 atom stereocenters. The first-order chi connectivity index (χ1) is 14.5. The molecule has 0 fully saturated rings. The van der Waals surface area contributed by atoms with Crippen LogP contribution in [0.1, 0.15) is 51.9 Å². The van der Waals surface area contributed by atoms with Crippen LogP contribution in [0.25, 0.3) is 0 Å². The second kappa shape index (κ2) is 9.35. The lowest BCUT2D eigenvalue weighted by molar-refractivity contribution is -0.134. The highest BCUT2D eigenvalue weighted by Gasteiger charge is 2.34. The summed E-state index contributed by atoms with van der Waals surface area (Å²) in [6.45, 7) is 11.8. The van der Waals surface area contributed by atoms with E-state index in [2.05, 4.69) is 9.88 Å². The third kappa shape index (κ3) is 5.82. The third-order valence-corrected chi connectivity index (χ3v) is 5.44. The molecule has 1 aromatic heterocycles. The number of amides is 3. The molecule has 3 rings (SSSR count). The zero-order valence-electron chi connectivity index (χ0n) is 19.1. The quantitative estimate of drug-likeness (QED) is 0.736. The number of hydrogen-bond acceptors (Lipinski definition) is 2. The predicted octanol–water partition coefficient (Wildman–Crippen LogP) is 4.54. The van der Waals surface area contributed by atoms with E-state index in [0.29, 0.717) is 18.1 Å². The van der Waals surface area contributed by atoms with Gasteiger partial charge in [0.15, 0.2) is 0 Å². The summed E-state index contributed by atoms with van der Waals surface area (Å²) in [4.78, 5) is 29.9. The number of fused-ring (bicyclic) bond motifs is 1. The van der Waals surface area contributed by atoms with Crippen LogP contribution >= 0.6 is 11.6 Å². The molecule has 0 spiro atoms. The Bertz CT molecular complexity index is 932. The first-order valence-electron chi connectivity index (χ1n) is 10.8. The van der Waals surface area contributed by atoms with Crippen LogP contribution in [0.3, 0.4) is 0 Å². The summed E-state index contributed by atoms with van der Waals surface area (Å²) in [5.74, 6) is 0.183. The molecule has 0 aliphatic carbocycles. The topological polar surface area (TPSA) is 57.6 Å². The summed E-state index contributed by atoms with van der Waals surface area (Å²) in [5, 5.41) is 3.63. The molecule has 0 radical (unpaired) electrons. The van der Waals surface area contributed by atoms with Gasteiger partial charge in [0.1, 0.15) is 6.54 Å². The number of halogens is 1. The van der Waals surface area contributed by atoms with Crippen molar-refractivity contribution in [1.29, 1.82) is 0 Å². The van der Waals surface area contributed by atoms with Crippen molar-refractivity contribution in [1.82, 2.24) is 19.7 Å². The average molecular weight is 445 g/mol. The number of rotatable bonds is 5. The summed E-state index contributed by atoms with van der Waals surface area (Å²) in [7, 11) is 0. The Kier molecular flexibility index (Phi) is 6.99. The molecule has 0 saturated carbocycles. The third-order valence-electron chi connectivity index (χ3n) is 5.20. The van der Waals surface area contributed by atoms with Crippen molar-refractivity contribution in [3.05, 3.63) is 58.9 Å². The minimum Gasteiger partial charge on any atom is -0.348 e. The molecular weight excluding hydrogens is 412 g/mol. The molecule has 168 valence electrons. The van der Waals surface area contributed by atoms with E-state index in [1.54, 1.807) is 4.90 Å². The first kappa shape index (κ1) is 23.2. The molecule has 31 heavy (non-hydrogen) atoms. The molecule has 1 aromatic carbocycles. The Morgan fingerprint density at radius 1 is 1.19 bits per heavy atom. The van der Waals surface area contributed by atoms with Crippen molar-refractivity contribution in [3.63, 3.8) is 0 Å². The molecule has 1 aliphatic rings. The van der Waals surface area contributed by atoms with Gasteiger partial charge in [0.25, 0.3) is 0 Å². The molecule has 6 nitrogen and oxygen atoms in total. The average Bonchev–Trinajstić information content (AvgIpc) is 3.13. The number of benzene rings is 1. The van der Waals surface area contributed by atoms with Gasteiger partial charge in [-0.05, 0) is 56.5 Å². The Labute approximate surface area is 190 Å². The fraction of sp³-hybridized carbons (Fsp3) is 0.500. The fourth-order valence-corrected chi connectivity index (χ4v) is 4.19. The van der Waals surface area contributed by atoms with Crippen LogP contribution in [0.15, 0.2) is 42.6 Å². The lowest BCUT2D eigenvalue weighted by atomic mass is 9.99. The normalized spacial score (nSPS) is 16.2. The van der Waals surface area contributed by atoms with Gasteiger partial charge in [-0.2, -0.15) is 0 Å². The fourth-order valence-electron chi connectivity index (χ4n) is 3.99. The Balaban J connectivity index is 1.87. The highest BCUT2D eigenvalue weighted by atomic mass is 35.5. The van der Waals surface area contributed by atoms with Crippen LogP contribution in [-0.4, -0.2) is 51.5 Å². The number of carbonyl (C=O) groups is 2. The van der Waals surface area contributed by atoms with Crippen molar-refractivity contribution in [2.45, 2.75) is 52.7 Å². The van der Waals surface area contributed by atoms with Gasteiger partial charge >= 0.3 is 6.03 Å². The van der Waals surface area contributed by atoms with E-state index in [0.717, 1.165) is 17.8 Å². The summed E-state index contributed by atoms with van der Waals surface area (Å²) < 4.78 is 2.17. The minimum atomic E-state index is -0.370. The van der Waals surface area contributed by atoms with E-state index >= 15 is 0 Å². The summed E-state index contributed by atoms with van der Waals surface area (Å²) in [5.41, 5.74) is 1.65. The summed E-state index contributed by atoms with van der Waals surface area (Å²) in [6, 6.07) is 11.2. The highest BCUT2D eigenvalue weighted by Crippen LogP contribution is 2.33. The van der Waals surface area contributed by atoms with Crippen LogP contribution in [-0.2, 0) is 11.3 Å². The molecule has 1 unspecified atom stereocenters. The number of carbonyl (C=O) groups excluding carboxylic acids is 2. The summed E-state index contributed by atoms with van der Waals surface area (Å²) in [6.07, 6.45) is 2.04. The molecule has 1 N–H and O–H groups in total. The van der Waals surface area contributed by atoms with Gasteiger partial charge in [-0.1, -0.05) is 37.6 Å². The lowest BCUT2D eigenvalue weighted by Gasteiger charge is -2.39. The SMILES string of the molecule is CC(C)CN(CC(=O)N1CCn2cccc2C1c1cccc(Cl)c1)C(=O)NC(C)(C)C. The van der Waals surface area contributed by atoms with E-state index in [9.17, 15) is 9.59 Å². The Hall–Kier alpha value is -2.47. The van der Waals surface area contributed by atoms with Gasteiger partial charge in [0, 0.05) is 42.1 Å². The van der Waals surface area contributed by atoms with Gasteiger partial charge in [-0.15, -0.1) is 0 Å². The molecule has 0 bridgehead atoms. The zero-order chi connectivity index (χ0) is 22.8. The maximum atomic E-state index is 13.5. The highest BCUT2D eigenvalue weighted by molar-refractivity contribution is 6.30. The van der Waals surface area contributed by atoms with Crippen molar-refractivity contribution < 1.29 is 9.59 Å². The molecule has 7 heteroatoms. The van der Waals surface area contributed by atoms with Gasteiger partial charge in [-0.3, -0.25) is 4.79 Å². The van der Waals surface area contributed by atoms with Gasteiger partial charge in [0.05, 0.1) is 6.04 Å². The Morgan fingerprint density at radius 2 is 1.94 bits per heavy atom. The number of hydrogen-bond donors (Lipinski definition) is 1. The number of nitrogens with zero attached hydrogens (tertiary/aromatic N) is 3. The molecule has 2 heterocycles. The van der Waals surface area contributed by atoms with Crippen LogP contribution < -0.4 is 5.32 Å².